The van der Waals surface area contributed by atoms with Gasteiger partial charge < -0.3 is 9.47 Å². The maximum Gasteiger partial charge on any atom is 0.224 e. The number of hydrogen-bond acceptors (Lipinski definition) is 4. The van der Waals surface area contributed by atoms with Crippen LogP contribution in [0.25, 0.3) is 0 Å². The Kier molecular flexibility index (Phi) is 3.80. The number of pyridine rings is 1. The fourth-order valence-corrected chi connectivity index (χ4v) is 2.77. The van der Waals surface area contributed by atoms with Crippen molar-refractivity contribution in [1.29, 1.82) is 0 Å². The third kappa shape index (κ3) is 2.72. The molecule has 0 spiro atoms. The molecule has 21 heavy (non-hydrogen) atoms. The van der Waals surface area contributed by atoms with Crippen LogP contribution in [0.2, 0.25) is 5.02 Å². The van der Waals surface area contributed by atoms with Crippen molar-refractivity contribution in [3.8, 4) is 11.6 Å². The molecule has 0 saturated carbocycles. The Labute approximate surface area is 127 Å². The second-order valence-corrected chi connectivity index (χ2v) is 5.25. The van der Waals surface area contributed by atoms with E-state index in [1.165, 1.54) is 7.11 Å². The van der Waals surface area contributed by atoms with Crippen molar-refractivity contribution in [3.63, 3.8) is 0 Å². The van der Waals surface area contributed by atoms with Gasteiger partial charge in [-0.1, -0.05) is 11.6 Å². The van der Waals surface area contributed by atoms with Gasteiger partial charge in [-0.05, 0) is 29.8 Å². The van der Waals surface area contributed by atoms with Crippen molar-refractivity contribution < 1.29 is 14.3 Å². The molecule has 2 aromatic rings. The van der Waals surface area contributed by atoms with Gasteiger partial charge in [0.2, 0.25) is 5.88 Å². The Balaban J connectivity index is 1.92. The number of ether oxygens (including phenoxy) is 2. The van der Waals surface area contributed by atoms with E-state index in [9.17, 15) is 4.79 Å². The molecule has 1 aliphatic rings. The van der Waals surface area contributed by atoms with Crippen LogP contribution in [0, 0.1) is 0 Å². The summed E-state index contributed by atoms with van der Waals surface area (Å²) in [7, 11) is 1.50. The van der Waals surface area contributed by atoms with Gasteiger partial charge in [-0.3, -0.25) is 4.79 Å². The second kappa shape index (κ2) is 5.74. The Hall–Kier alpha value is -2.07. The number of hydrogen-bond donors (Lipinski definition) is 0. The molecule has 2 heterocycles. The number of aromatic nitrogens is 1. The predicted molar refractivity (Wildman–Crippen MR) is 79.5 cm³/mol. The maximum absolute atomic E-state index is 12.5. The Morgan fingerprint density at radius 2 is 2.33 bits per heavy atom. The summed E-state index contributed by atoms with van der Waals surface area (Å²) in [6.07, 6.45) is 2.63. The van der Waals surface area contributed by atoms with Crippen LogP contribution in [0.3, 0.4) is 0 Å². The molecule has 0 N–H and O–H groups in total. The summed E-state index contributed by atoms with van der Waals surface area (Å²) in [5.74, 6) is 1.05. The highest BCUT2D eigenvalue weighted by Gasteiger charge is 2.21. The molecule has 0 atom stereocenters. The van der Waals surface area contributed by atoms with Crippen LogP contribution in [0.4, 0.5) is 0 Å². The van der Waals surface area contributed by atoms with Crippen molar-refractivity contribution in [3.05, 3.63) is 52.2 Å². The van der Waals surface area contributed by atoms with Gasteiger partial charge in [-0.15, -0.1) is 0 Å². The average Bonchev–Trinajstić information content (AvgIpc) is 2.95. The number of Topliss-reactive ketones (excluding diaryl/α,β-unsaturated/α-hetero) is 1. The van der Waals surface area contributed by atoms with Crippen LogP contribution < -0.4 is 9.47 Å². The minimum absolute atomic E-state index is 0.0695. The highest BCUT2D eigenvalue weighted by molar-refractivity contribution is 6.30. The smallest absolute Gasteiger partial charge is 0.224 e. The lowest BCUT2D eigenvalue weighted by Gasteiger charge is -2.10. The highest BCUT2D eigenvalue weighted by Crippen LogP contribution is 2.33. The molecule has 0 aliphatic carbocycles. The number of fused-ring (bicyclic) bond motifs is 1. The van der Waals surface area contributed by atoms with Gasteiger partial charge in [0.1, 0.15) is 5.75 Å². The standard InChI is InChI=1S/C16H14ClNO3/c1-20-16-13(3-2-5-18-16)14(19)9-11-8-12(17)7-10-4-6-21-15(10)11/h2-3,5,7-8H,4,6,9H2,1H3. The molecule has 0 bridgehead atoms. The van der Waals surface area contributed by atoms with Gasteiger partial charge >= 0.3 is 0 Å². The number of nitrogens with zero attached hydrogens (tertiary/aromatic N) is 1. The first-order valence-electron chi connectivity index (χ1n) is 6.65. The number of carbonyl (C=O) groups is 1. The fourth-order valence-electron chi connectivity index (χ4n) is 2.51. The lowest BCUT2D eigenvalue weighted by molar-refractivity contribution is 0.0988. The lowest BCUT2D eigenvalue weighted by atomic mass is 10.0. The zero-order valence-electron chi connectivity index (χ0n) is 11.6. The van der Waals surface area contributed by atoms with Crippen LogP contribution in [0.15, 0.2) is 30.5 Å². The number of halogens is 1. The van der Waals surface area contributed by atoms with Crippen molar-refractivity contribution in [2.45, 2.75) is 12.8 Å². The summed E-state index contributed by atoms with van der Waals surface area (Å²) >= 11 is 6.11. The summed E-state index contributed by atoms with van der Waals surface area (Å²) < 4.78 is 10.8. The van der Waals surface area contributed by atoms with Crippen LogP contribution in [-0.4, -0.2) is 24.5 Å². The van der Waals surface area contributed by atoms with E-state index in [1.807, 2.05) is 6.07 Å². The molecule has 3 rings (SSSR count). The third-order valence-corrected chi connectivity index (χ3v) is 3.66. The molecular formula is C16H14ClNO3. The lowest BCUT2D eigenvalue weighted by Crippen LogP contribution is -2.07. The molecule has 1 aromatic carbocycles. The van der Waals surface area contributed by atoms with Crippen molar-refractivity contribution in [2.75, 3.05) is 13.7 Å². The van der Waals surface area contributed by atoms with Crippen LogP contribution >= 0.6 is 11.6 Å². The van der Waals surface area contributed by atoms with Gasteiger partial charge in [-0.2, -0.15) is 0 Å². The first-order valence-corrected chi connectivity index (χ1v) is 7.03. The number of ketones is 1. The normalized spacial score (nSPS) is 12.7. The number of carbonyl (C=O) groups excluding carboxylic acids is 1. The zero-order valence-corrected chi connectivity index (χ0v) is 12.3. The Morgan fingerprint density at radius 3 is 3.14 bits per heavy atom. The second-order valence-electron chi connectivity index (χ2n) is 4.81. The predicted octanol–water partition coefficient (Wildman–Crippen LogP) is 3.10. The summed E-state index contributed by atoms with van der Waals surface area (Å²) in [5, 5.41) is 0.625. The molecule has 0 radical (unpaired) electrons. The first kappa shape index (κ1) is 13.9. The van der Waals surface area contributed by atoms with Gasteiger partial charge in [0.05, 0.1) is 19.3 Å². The summed E-state index contributed by atoms with van der Waals surface area (Å²) in [6.45, 7) is 0.632. The third-order valence-electron chi connectivity index (χ3n) is 3.44. The van der Waals surface area contributed by atoms with Crippen LogP contribution in [0.5, 0.6) is 11.6 Å². The van der Waals surface area contributed by atoms with Crippen molar-refractivity contribution >= 4 is 17.4 Å². The topological polar surface area (TPSA) is 48.4 Å². The maximum atomic E-state index is 12.5. The van der Waals surface area contributed by atoms with Gasteiger partial charge in [0, 0.05) is 29.6 Å². The van der Waals surface area contributed by atoms with E-state index in [4.69, 9.17) is 21.1 Å². The Morgan fingerprint density at radius 1 is 1.48 bits per heavy atom. The molecular weight excluding hydrogens is 290 g/mol. The molecule has 108 valence electrons. The molecule has 5 heteroatoms. The molecule has 0 amide bonds. The van der Waals surface area contributed by atoms with E-state index < -0.39 is 0 Å². The van der Waals surface area contributed by atoms with E-state index in [2.05, 4.69) is 4.98 Å². The van der Waals surface area contributed by atoms with Gasteiger partial charge in [0.15, 0.2) is 5.78 Å². The number of benzene rings is 1. The zero-order chi connectivity index (χ0) is 14.8. The summed E-state index contributed by atoms with van der Waals surface area (Å²) in [5.41, 5.74) is 2.33. The summed E-state index contributed by atoms with van der Waals surface area (Å²) in [4.78, 5) is 16.5. The highest BCUT2D eigenvalue weighted by atomic mass is 35.5. The first-order chi connectivity index (χ1) is 10.2. The quantitative estimate of drug-likeness (QED) is 0.814. The number of methoxy groups -OCH3 is 1. The van der Waals surface area contributed by atoms with E-state index in [0.717, 1.165) is 23.3 Å². The van der Waals surface area contributed by atoms with Crippen molar-refractivity contribution in [2.24, 2.45) is 0 Å². The Bertz CT molecular complexity index is 700. The van der Waals surface area contributed by atoms with Gasteiger partial charge in [0.25, 0.3) is 0 Å². The monoisotopic (exact) mass is 303 g/mol. The van der Waals surface area contributed by atoms with E-state index in [0.29, 0.717) is 23.1 Å². The van der Waals surface area contributed by atoms with E-state index in [-0.39, 0.29) is 12.2 Å². The minimum Gasteiger partial charge on any atom is -0.493 e. The van der Waals surface area contributed by atoms with Crippen LogP contribution in [-0.2, 0) is 12.8 Å². The van der Waals surface area contributed by atoms with E-state index >= 15 is 0 Å². The molecule has 1 aromatic heterocycles. The minimum atomic E-state index is -0.0695. The van der Waals surface area contributed by atoms with E-state index in [1.54, 1.807) is 24.4 Å². The average molecular weight is 304 g/mol. The molecule has 0 saturated heterocycles. The largest absolute Gasteiger partial charge is 0.493 e. The van der Waals surface area contributed by atoms with Gasteiger partial charge in [-0.25, -0.2) is 4.98 Å². The molecule has 1 aliphatic heterocycles. The molecule has 0 fully saturated rings. The van der Waals surface area contributed by atoms with Crippen LogP contribution in [0.1, 0.15) is 21.5 Å². The SMILES string of the molecule is COc1ncccc1C(=O)Cc1cc(Cl)cc2c1OCC2. The molecule has 4 nitrogen and oxygen atoms in total. The fraction of sp³-hybridized carbons (Fsp3) is 0.250. The summed E-state index contributed by atoms with van der Waals surface area (Å²) in [6, 6.07) is 7.10. The molecule has 0 unspecified atom stereocenters. The number of rotatable bonds is 4. The van der Waals surface area contributed by atoms with Crippen molar-refractivity contribution in [1.82, 2.24) is 4.98 Å².